The fraction of sp³-hybridized carbons (Fsp3) is 0.667. The molecule has 20 heavy (non-hydrogen) atoms. The first-order valence-corrected chi connectivity index (χ1v) is 7.91. The van der Waals surface area contributed by atoms with Gasteiger partial charge < -0.3 is 10.0 Å². The molecule has 0 aliphatic carbocycles. The van der Waals surface area contributed by atoms with Gasteiger partial charge in [-0.1, -0.05) is 5.92 Å². The maximum absolute atomic E-state index is 12.0. The second-order valence-electron chi connectivity index (χ2n) is 4.80. The van der Waals surface area contributed by atoms with E-state index >= 15 is 0 Å². The van der Waals surface area contributed by atoms with Crippen LogP contribution in [0.1, 0.15) is 6.42 Å². The number of hydrogen-bond acceptors (Lipinski definition) is 5. The molecule has 1 heterocycles. The zero-order valence-corrected chi connectivity index (χ0v) is 12.1. The summed E-state index contributed by atoms with van der Waals surface area (Å²) in [5.41, 5.74) is 0. The molecule has 1 rings (SSSR count). The number of likely N-dealkylation sites (N-methyl/N-ethyl adjacent to an activating group) is 1. The molecule has 1 aliphatic rings. The molecule has 1 amide bonds. The van der Waals surface area contributed by atoms with Gasteiger partial charge in [0.1, 0.15) is 0 Å². The van der Waals surface area contributed by atoms with Gasteiger partial charge >= 0.3 is 5.97 Å². The number of carboxylic acid groups (broad SMARTS) is 1. The van der Waals surface area contributed by atoms with Gasteiger partial charge in [-0.3, -0.25) is 14.5 Å². The molecule has 1 N–H and O–H groups in total. The fourth-order valence-electron chi connectivity index (χ4n) is 2.08. The Morgan fingerprint density at radius 2 is 2.05 bits per heavy atom. The standard InChI is InChI=1S/C12H18N2O5S/c1-3-5-14(8-12(16)17)7-11(15)13(2)10-4-6-20(18,19)9-10/h1,10H,4-9H2,2H3,(H,16,17). The molecule has 0 saturated carbocycles. The minimum absolute atomic E-state index is 0.0384. The summed E-state index contributed by atoms with van der Waals surface area (Å²) in [5, 5.41) is 8.73. The Labute approximate surface area is 118 Å². The number of rotatable bonds is 6. The molecule has 0 aromatic rings. The molecule has 7 nitrogen and oxygen atoms in total. The molecule has 1 unspecified atom stereocenters. The van der Waals surface area contributed by atoms with Crippen LogP contribution in [0.3, 0.4) is 0 Å². The van der Waals surface area contributed by atoms with Gasteiger partial charge in [0.05, 0.1) is 31.1 Å². The molecule has 112 valence electrons. The first-order valence-electron chi connectivity index (χ1n) is 6.09. The topological polar surface area (TPSA) is 95.0 Å². The monoisotopic (exact) mass is 302 g/mol. The van der Waals surface area contributed by atoms with Crippen molar-refractivity contribution in [1.29, 1.82) is 0 Å². The van der Waals surface area contributed by atoms with E-state index in [1.807, 2.05) is 0 Å². The third kappa shape index (κ3) is 4.83. The van der Waals surface area contributed by atoms with Crippen LogP contribution < -0.4 is 0 Å². The molecule has 8 heteroatoms. The molecule has 0 aromatic heterocycles. The summed E-state index contributed by atoms with van der Waals surface area (Å²) in [6, 6.07) is -0.343. The Kier molecular flexibility index (Phi) is 5.53. The maximum Gasteiger partial charge on any atom is 0.317 e. The number of carbonyl (C=O) groups excluding carboxylic acids is 1. The minimum Gasteiger partial charge on any atom is -0.480 e. The van der Waals surface area contributed by atoms with Gasteiger partial charge in [0.25, 0.3) is 0 Å². The van der Waals surface area contributed by atoms with Crippen molar-refractivity contribution in [2.45, 2.75) is 12.5 Å². The van der Waals surface area contributed by atoms with E-state index < -0.39 is 15.8 Å². The molecule has 0 spiro atoms. The third-order valence-electron chi connectivity index (χ3n) is 3.18. The summed E-state index contributed by atoms with van der Waals surface area (Å²) in [7, 11) is -1.54. The predicted octanol–water partition coefficient (Wildman–Crippen LogP) is -1.35. The van der Waals surface area contributed by atoms with Crippen molar-refractivity contribution in [2.24, 2.45) is 0 Å². The van der Waals surface area contributed by atoms with Crippen LogP contribution in [0.4, 0.5) is 0 Å². The second-order valence-corrected chi connectivity index (χ2v) is 7.03. The zero-order valence-electron chi connectivity index (χ0n) is 11.3. The predicted molar refractivity (Wildman–Crippen MR) is 72.7 cm³/mol. The largest absolute Gasteiger partial charge is 0.480 e. The van der Waals surface area contributed by atoms with Crippen LogP contribution in [0.5, 0.6) is 0 Å². The highest BCUT2D eigenvalue weighted by Crippen LogP contribution is 2.16. The smallest absolute Gasteiger partial charge is 0.317 e. The normalized spacial score (nSPS) is 20.6. The number of carbonyl (C=O) groups is 2. The first-order chi connectivity index (χ1) is 9.25. The van der Waals surface area contributed by atoms with E-state index in [0.29, 0.717) is 6.42 Å². The summed E-state index contributed by atoms with van der Waals surface area (Å²) in [4.78, 5) is 25.4. The highest BCUT2D eigenvalue weighted by molar-refractivity contribution is 7.91. The van der Waals surface area contributed by atoms with E-state index in [1.54, 1.807) is 0 Å². The molecule has 1 atom stereocenters. The van der Waals surface area contributed by atoms with Crippen LogP contribution in [0.15, 0.2) is 0 Å². The van der Waals surface area contributed by atoms with Gasteiger partial charge in [-0.2, -0.15) is 0 Å². The molecule has 1 fully saturated rings. The lowest BCUT2D eigenvalue weighted by molar-refractivity contribution is -0.139. The quantitative estimate of drug-likeness (QED) is 0.610. The van der Waals surface area contributed by atoms with E-state index in [4.69, 9.17) is 11.5 Å². The Morgan fingerprint density at radius 1 is 1.40 bits per heavy atom. The Balaban J connectivity index is 2.60. The van der Waals surface area contributed by atoms with Crippen LogP contribution in [0.2, 0.25) is 0 Å². The van der Waals surface area contributed by atoms with Crippen LogP contribution in [0, 0.1) is 12.3 Å². The number of hydrogen-bond donors (Lipinski definition) is 1. The highest BCUT2D eigenvalue weighted by atomic mass is 32.2. The van der Waals surface area contributed by atoms with Crippen molar-refractivity contribution in [2.75, 3.05) is 38.2 Å². The summed E-state index contributed by atoms with van der Waals surface area (Å²) >= 11 is 0. The maximum atomic E-state index is 12.0. The lowest BCUT2D eigenvalue weighted by Crippen LogP contribution is -2.45. The van der Waals surface area contributed by atoms with Crippen molar-refractivity contribution in [3.8, 4) is 12.3 Å². The number of carboxylic acids is 1. The van der Waals surface area contributed by atoms with Gasteiger partial charge in [-0.15, -0.1) is 6.42 Å². The number of terminal acetylenes is 1. The Bertz CT molecular complexity index is 522. The summed E-state index contributed by atoms with van der Waals surface area (Å²) in [5.74, 6) is 0.939. The van der Waals surface area contributed by atoms with Crippen molar-refractivity contribution in [1.82, 2.24) is 9.80 Å². The molecule has 0 bridgehead atoms. The Hall–Kier alpha value is -1.59. The Morgan fingerprint density at radius 3 is 2.50 bits per heavy atom. The highest BCUT2D eigenvalue weighted by Gasteiger charge is 2.33. The van der Waals surface area contributed by atoms with Crippen molar-refractivity contribution < 1.29 is 23.1 Å². The van der Waals surface area contributed by atoms with Crippen LogP contribution in [-0.2, 0) is 19.4 Å². The lowest BCUT2D eigenvalue weighted by atomic mass is 10.2. The average molecular weight is 302 g/mol. The molecule has 0 radical (unpaired) electrons. The van der Waals surface area contributed by atoms with Gasteiger partial charge in [0, 0.05) is 13.1 Å². The lowest BCUT2D eigenvalue weighted by Gasteiger charge is -2.26. The van der Waals surface area contributed by atoms with E-state index in [0.717, 1.165) is 0 Å². The number of nitrogens with zero attached hydrogens (tertiary/aromatic N) is 2. The van der Waals surface area contributed by atoms with E-state index in [-0.39, 0.29) is 43.1 Å². The number of aliphatic carboxylic acids is 1. The molecule has 0 aromatic carbocycles. The van der Waals surface area contributed by atoms with Crippen LogP contribution >= 0.6 is 0 Å². The second kappa shape index (κ2) is 6.72. The average Bonchev–Trinajstić information content (AvgIpc) is 2.68. The van der Waals surface area contributed by atoms with Crippen molar-refractivity contribution >= 4 is 21.7 Å². The van der Waals surface area contributed by atoms with Crippen molar-refractivity contribution in [3.63, 3.8) is 0 Å². The summed E-state index contributed by atoms with van der Waals surface area (Å²) < 4.78 is 22.8. The zero-order chi connectivity index (χ0) is 15.3. The molecular weight excluding hydrogens is 284 g/mol. The fourth-order valence-corrected chi connectivity index (χ4v) is 3.85. The van der Waals surface area contributed by atoms with E-state index in [9.17, 15) is 18.0 Å². The molecule has 1 aliphatic heterocycles. The summed E-state index contributed by atoms with van der Waals surface area (Å²) in [6.45, 7) is -0.412. The number of sulfone groups is 1. The van der Waals surface area contributed by atoms with Gasteiger partial charge in [-0.05, 0) is 6.42 Å². The van der Waals surface area contributed by atoms with Gasteiger partial charge in [-0.25, -0.2) is 8.42 Å². The summed E-state index contributed by atoms with van der Waals surface area (Å²) in [6.07, 6.45) is 5.54. The minimum atomic E-state index is -3.07. The van der Waals surface area contributed by atoms with E-state index in [2.05, 4.69) is 5.92 Å². The van der Waals surface area contributed by atoms with Gasteiger partial charge in [0.15, 0.2) is 9.84 Å². The molecular formula is C12H18N2O5S. The van der Waals surface area contributed by atoms with E-state index in [1.165, 1.54) is 16.8 Å². The van der Waals surface area contributed by atoms with Gasteiger partial charge in [0.2, 0.25) is 5.91 Å². The first kappa shape index (κ1) is 16.5. The third-order valence-corrected chi connectivity index (χ3v) is 4.93. The number of amides is 1. The SMILES string of the molecule is C#CCN(CC(=O)O)CC(=O)N(C)C1CCS(=O)(=O)C1. The van der Waals surface area contributed by atoms with Crippen LogP contribution in [0.25, 0.3) is 0 Å². The molecule has 1 saturated heterocycles. The van der Waals surface area contributed by atoms with Crippen LogP contribution in [-0.4, -0.2) is 79.4 Å². The van der Waals surface area contributed by atoms with Crippen molar-refractivity contribution in [3.05, 3.63) is 0 Å².